The molecule has 24 heteroatoms. The first kappa shape index (κ1) is 50.8. The molecule has 0 radical (unpaired) electrons. The van der Waals surface area contributed by atoms with Gasteiger partial charge in [0.15, 0.2) is 23.2 Å². The van der Waals surface area contributed by atoms with Gasteiger partial charge in [0.2, 0.25) is 0 Å². The molecule has 0 saturated carbocycles. The molecule has 0 saturated heterocycles. The fraction of sp³-hybridized carbons (Fsp3) is 0.138. The number of fused-ring (bicyclic) bond motifs is 2. The monoisotopic (exact) mass is 1010 g/mol. The fourth-order valence-corrected chi connectivity index (χ4v) is 8.53. The molecule has 0 bridgehead atoms. The van der Waals surface area contributed by atoms with Crippen LogP contribution in [0.4, 0.5) is 11.6 Å². The number of methoxy groups -OCH3 is 1. The van der Waals surface area contributed by atoms with Crippen molar-refractivity contribution in [1.82, 2.24) is 19.9 Å². The fourth-order valence-electron chi connectivity index (χ4n) is 4.47. The molecule has 2 aliphatic heterocycles. The zero-order chi connectivity index (χ0) is 38.3. The van der Waals surface area contributed by atoms with E-state index in [-0.39, 0.29) is 165 Å². The molecule has 274 valence electrons. The van der Waals surface area contributed by atoms with Crippen molar-refractivity contribution in [3.63, 3.8) is 0 Å². The second kappa shape index (κ2) is 22.6. The number of alkyl halides is 1. The second-order valence-electron chi connectivity index (χ2n) is 9.38. The molecule has 4 aromatic rings. The number of aliphatic hydroxyl groups excluding tert-OH is 1. The van der Waals surface area contributed by atoms with Gasteiger partial charge in [-0.05, 0) is 29.2 Å². The van der Waals surface area contributed by atoms with Gasteiger partial charge in [-0.3, -0.25) is 13.4 Å². The molecule has 1 N–H and O–H groups in total. The molecule has 0 aliphatic carbocycles. The van der Waals surface area contributed by atoms with Crippen molar-refractivity contribution < 1.29 is 146 Å². The van der Waals surface area contributed by atoms with Crippen molar-refractivity contribution in [2.45, 2.75) is 0 Å². The third-order valence-electron chi connectivity index (χ3n) is 6.65. The van der Waals surface area contributed by atoms with Crippen LogP contribution in [0.15, 0.2) is 61.2 Å². The van der Waals surface area contributed by atoms with Crippen molar-refractivity contribution in [1.29, 1.82) is 0 Å². The van der Waals surface area contributed by atoms with E-state index in [4.69, 9.17) is 61.2 Å². The van der Waals surface area contributed by atoms with E-state index < -0.39 is 25.8 Å². The van der Waals surface area contributed by atoms with Crippen LogP contribution in [-0.4, -0.2) is 74.5 Å². The maximum absolute atomic E-state index is 12.9. The summed E-state index contributed by atoms with van der Waals surface area (Å²) in [7, 11) is -3.82. The van der Waals surface area contributed by atoms with E-state index in [1.165, 1.54) is 76.3 Å². The van der Waals surface area contributed by atoms with Gasteiger partial charge in [-0.25, -0.2) is 36.8 Å². The maximum Gasteiger partial charge on any atom is 1.00 e. The zero-order valence-electron chi connectivity index (χ0n) is 29.5. The summed E-state index contributed by atoms with van der Waals surface area (Å²) in [5, 5.41) is 19.9. The largest absolute Gasteiger partial charge is 1.00 e. The quantitative estimate of drug-likeness (QED) is 0.0691. The third-order valence-corrected chi connectivity index (χ3v) is 11.4. The molecule has 0 fully saturated rings. The molecule has 0 atom stereocenters. The number of anilines is 2. The summed E-state index contributed by atoms with van der Waals surface area (Å²) >= 11 is 26.1. The number of sulfonamides is 2. The minimum absolute atomic E-state index is 0. The molecule has 2 aliphatic rings. The third kappa shape index (κ3) is 11.3. The van der Waals surface area contributed by atoms with Gasteiger partial charge in [0, 0.05) is 60.1 Å². The van der Waals surface area contributed by atoms with E-state index in [2.05, 4.69) is 47.4 Å². The molecular weight excluding hydrogens is 987 g/mol. The van der Waals surface area contributed by atoms with Crippen LogP contribution in [0.2, 0.25) is 20.1 Å². The summed E-state index contributed by atoms with van der Waals surface area (Å²) in [5.41, 5.74) is 0.831. The van der Waals surface area contributed by atoms with Crippen molar-refractivity contribution in [3.8, 4) is 0 Å². The summed E-state index contributed by atoms with van der Waals surface area (Å²) < 4.78 is 58.5. The van der Waals surface area contributed by atoms with Gasteiger partial charge in [0.1, 0.15) is 21.2 Å². The summed E-state index contributed by atoms with van der Waals surface area (Å²) in [6, 6.07) is 8.89. The molecule has 0 spiro atoms. The SMILES string of the molecule is CI.CN1c2nccnc2C(O)=C(c2ccc(Cl)cc2Cl)S1(=O)=O.COC1=C(c2ccc(Cl)cc2Cl)S(=O)(=O)N(C)c2nccnc21.O=CO[O-].[H-].[K+].[K+]. The Balaban J connectivity index is 0.000000867. The standard InChI is InChI=1S/C14H11Cl2N3O3S.C13H9Cl2N3O3S.CH3I.CH2O3.2K.H/c1-19-14-11(17-5-6-18-14)12(22-2)13(23(19,20)21)9-4-3-8(15)7-10(9)16;1-18-13-10(16-4-5-17-13)11(19)12(22(18,20)21)8-3-2-7(14)6-9(8)15;1-2;2-1-4-3;;;/h3-7H,1-2H3;2-6,19H,1H3;1H3;1,3H;;;/q;;;;2*+1;-1/p-1. The molecule has 6 rings (SSSR count). The number of carbonyl (C=O) groups excluding carboxylic acids is 1. The van der Waals surface area contributed by atoms with Crippen LogP contribution < -0.4 is 117 Å². The smallest absolute Gasteiger partial charge is 1.00 e. The Labute approximate surface area is 425 Å². The number of ether oxygens (including phenoxy) is 1. The van der Waals surface area contributed by atoms with Gasteiger partial charge >= 0.3 is 103 Å². The Bertz CT molecular complexity index is 2250. The number of nitrogens with zero attached hydrogens (tertiary/aromatic N) is 6. The van der Waals surface area contributed by atoms with Crippen molar-refractivity contribution in [2.24, 2.45) is 0 Å². The average molecular weight is 1010 g/mol. The van der Waals surface area contributed by atoms with Gasteiger partial charge in [0.05, 0.1) is 17.2 Å². The normalized spacial score (nSPS) is 14.5. The Kier molecular flexibility index (Phi) is 21.7. The Morgan fingerprint density at radius 3 is 1.55 bits per heavy atom. The van der Waals surface area contributed by atoms with E-state index in [9.17, 15) is 21.9 Å². The second-order valence-corrected chi connectivity index (χ2v) is 14.9. The van der Waals surface area contributed by atoms with Gasteiger partial charge in [-0.1, -0.05) is 81.1 Å². The first-order chi connectivity index (χ1) is 24.1. The van der Waals surface area contributed by atoms with Crippen LogP contribution in [-0.2, 0) is 34.5 Å². The number of carbonyl (C=O) groups is 1. The summed E-state index contributed by atoms with van der Waals surface area (Å²) in [5.74, 6) is -0.159. The molecular formula is C29H25Cl4IK2N6O9S2. The predicted octanol–water partition coefficient (Wildman–Crippen LogP) is -0.412. The zero-order valence-corrected chi connectivity index (χ0v) is 41.5. The van der Waals surface area contributed by atoms with Gasteiger partial charge in [0.25, 0.3) is 26.5 Å². The van der Waals surface area contributed by atoms with E-state index in [0.717, 1.165) is 8.61 Å². The van der Waals surface area contributed by atoms with Gasteiger partial charge in [-0.2, -0.15) is 0 Å². The van der Waals surface area contributed by atoms with Crippen molar-refractivity contribution >= 4 is 128 Å². The van der Waals surface area contributed by atoms with Crippen LogP contribution in [0.1, 0.15) is 23.9 Å². The van der Waals surface area contributed by atoms with E-state index >= 15 is 0 Å². The average Bonchev–Trinajstić information content (AvgIpc) is 3.11. The summed E-state index contributed by atoms with van der Waals surface area (Å²) in [6.07, 6.45) is 5.59. The van der Waals surface area contributed by atoms with Crippen LogP contribution in [0, 0.1) is 0 Å². The predicted molar refractivity (Wildman–Crippen MR) is 203 cm³/mol. The Morgan fingerprint density at radius 2 is 1.13 bits per heavy atom. The Hall–Kier alpha value is -0.227. The molecule has 2 aromatic heterocycles. The number of aliphatic hydroxyl groups is 1. The number of hydrogen-bond acceptors (Lipinski definition) is 13. The topological polar surface area (TPSA) is 205 Å². The molecule has 15 nitrogen and oxygen atoms in total. The number of rotatable bonds is 4. The van der Waals surface area contributed by atoms with Crippen LogP contribution in [0.3, 0.4) is 0 Å². The number of benzene rings is 2. The van der Waals surface area contributed by atoms with E-state index in [1.54, 1.807) is 6.07 Å². The first-order valence-electron chi connectivity index (χ1n) is 13.5. The first-order valence-corrected chi connectivity index (χ1v) is 20.0. The minimum Gasteiger partial charge on any atom is -1.00 e. The maximum atomic E-state index is 12.9. The van der Waals surface area contributed by atoms with E-state index in [0.29, 0.717) is 15.7 Å². The molecule has 0 amide bonds. The number of halogens is 5. The molecule has 0 unspecified atom stereocenters. The summed E-state index contributed by atoms with van der Waals surface area (Å²) in [6.45, 7) is -0.181. The number of aromatic nitrogens is 4. The number of hydrogen-bond donors (Lipinski definition) is 1. The Morgan fingerprint density at radius 1 is 0.755 bits per heavy atom. The van der Waals surface area contributed by atoms with Gasteiger partial charge < -0.3 is 21.4 Å². The van der Waals surface area contributed by atoms with E-state index in [1.807, 2.05) is 4.93 Å². The molecule has 53 heavy (non-hydrogen) atoms. The minimum atomic E-state index is -4.02. The van der Waals surface area contributed by atoms with Crippen molar-refractivity contribution in [3.05, 3.63) is 104 Å². The van der Waals surface area contributed by atoms with Crippen LogP contribution >= 0.6 is 69.0 Å². The van der Waals surface area contributed by atoms with Crippen LogP contribution in [0.25, 0.3) is 21.3 Å². The van der Waals surface area contributed by atoms with Gasteiger partial charge in [-0.15, -0.1) is 0 Å². The molecule has 4 heterocycles. The summed E-state index contributed by atoms with van der Waals surface area (Å²) in [4.78, 5) is 29.0. The van der Waals surface area contributed by atoms with Crippen molar-refractivity contribution in [2.75, 3.05) is 34.7 Å². The van der Waals surface area contributed by atoms with Crippen LogP contribution in [0.5, 0.6) is 0 Å². The molecule has 2 aromatic carbocycles.